The summed E-state index contributed by atoms with van der Waals surface area (Å²) in [5, 5.41) is 10.9. The number of likely N-dealkylation sites (N-methyl/N-ethyl adjacent to an activating group) is 1. The molecule has 1 aliphatic rings. The highest BCUT2D eigenvalue weighted by Crippen LogP contribution is 2.19. The molecule has 0 aliphatic carbocycles. The minimum Gasteiger partial charge on any atom is -0.484 e. The number of sulfone groups is 1. The van der Waals surface area contributed by atoms with Crippen LogP contribution in [-0.2, 0) is 14.6 Å². The summed E-state index contributed by atoms with van der Waals surface area (Å²) in [4.78, 5) is 14.0. The molecule has 1 aromatic heterocycles. The number of carbonyl (C=O) groups excluding carboxylic acids is 1. The molecule has 2 aromatic rings. The Hall–Kier alpha value is -2.49. The van der Waals surface area contributed by atoms with Crippen LogP contribution in [0, 0.1) is 0 Å². The predicted molar refractivity (Wildman–Crippen MR) is 89.1 cm³/mol. The number of aromatic nitrogens is 4. The van der Waals surface area contributed by atoms with E-state index >= 15 is 0 Å². The van der Waals surface area contributed by atoms with Crippen LogP contribution in [0.25, 0.3) is 5.69 Å². The maximum atomic E-state index is 12.4. The van der Waals surface area contributed by atoms with Gasteiger partial charge in [0.05, 0.1) is 17.2 Å². The summed E-state index contributed by atoms with van der Waals surface area (Å²) in [6.45, 7) is 2.14. The topological polar surface area (TPSA) is 107 Å². The zero-order valence-corrected chi connectivity index (χ0v) is 14.6. The minimum absolute atomic E-state index is 0.0291. The van der Waals surface area contributed by atoms with Crippen molar-refractivity contribution in [1.29, 1.82) is 0 Å². The summed E-state index contributed by atoms with van der Waals surface area (Å²) in [6, 6.07) is 6.78. The molecule has 134 valence electrons. The molecule has 1 aliphatic heterocycles. The first-order valence-corrected chi connectivity index (χ1v) is 9.77. The van der Waals surface area contributed by atoms with Gasteiger partial charge in [0.1, 0.15) is 12.1 Å². The number of hydrogen-bond donors (Lipinski definition) is 0. The summed E-state index contributed by atoms with van der Waals surface area (Å²) in [5.41, 5.74) is 0.712. The van der Waals surface area contributed by atoms with Gasteiger partial charge in [-0.25, -0.2) is 13.1 Å². The maximum Gasteiger partial charge on any atom is 0.260 e. The van der Waals surface area contributed by atoms with E-state index in [2.05, 4.69) is 15.5 Å². The Morgan fingerprint density at radius 2 is 2.28 bits per heavy atom. The maximum absolute atomic E-state index is 12.4. The predicted octanol–water partition coefficient (Wildman–Crippen LogP) is 0.0767. The fraction of sp³-hybridized carbons (Fsp3) is 0.467. The molecule has 25 heavy (non-hydrogen) atoms. The van der Waals surface area contributed by atoms with Crippen molar-refractivity contribution >= 4 is 15.7 Å². The first-order chi connectivity index (χ1) is 12.0. The van der Waals surface area contributed by atoms with Crippen LogP contribution < -0.4 is 4.74 Å². The lowest BCUT2D eigenvalue weighted by Gasteiger charge is -2.26. The summed E-state index contributed by atoms with van der Waals surface area (Å²) in [7, 11) is -3.04. The van der Waals surface area contributed by atoms with E-state index in [1.165, 1.54) is 11.0 Å². The number of ether oxygens (including phenoxy) is 1. The number of rotatable bonds is 6. The molecule has 10 heteroatoms. The van der Waals surface area contributed by atoms with Gasteiger partial charge in [0.15, 0.2) is 16.4 Å². The fourth-order valence-corrected chi connectivity index (χ4v) is 4.61. The van der Waals surface area contributed by atoms with E-state index in [9.17, 15) is 13.2 Å². The lowest BCUT2D eigenvalue weighted by molar-refractivity contribution is -0.135. The van der Waals surface area contributed by atoms with Crippen LogP contribution in [0.15, 0.2) is 30.6 Å². The van der Waals surface area contributed by atoms with Crippen molar-refractivity contribution < 1.29 is 17.9 Å². The third-order valence-electron chi connectivity index (χ3n) is 4.10. The van der Waals surface area contributed by atoms with Gasteiger partial charge in [-0.05, 0) is 35.9 Å². The van der Waals surface area contributed by atoms with Crippen molar-refractivity contribution in [2.75, 3.05) is 24.7 Å². The Bertz CT molecular complexity index is 837. The minimum atomic E-state index is -3.04. The van der Waals surface area contributed by atoms with E-state index in [1.54, 1.807) is 23.1 Å². The molecule has 0 spiro atoms. The monoisotopic (exact) mass is 365 g/mol. The Morgan fingerprint density at radius 3 is 2.92 bits per heavy atom. The van der Waals surface area contributed by atoms with Gasteiger partial charge in [0.25, 0.3) is 5.91 Å². The molecule has 0 bridgehead atoms. The number of benzene rings is 1. The van der Waals surface area contributed by atoms with Crippen molar-refractivity contribution in [1.82, 2.24) is 25.1 Å². The van der Waals surface area contributed by atoms with Crippen LogP contribution >= 0.6 is 0 Å². The molecule has 1 atom stereocenters. The molecule has 1 fully saturated rings. The van der Waals surface area contributed by atoms with Gasteiger partial charge in [0.2, 0.25) is 0 Å². The number of carbonyl (C=O) groups is 1. The quantitative estimate of drug-likeness (QED) is 0.713. The SMILES string of the molecule is CCN(C(=O)COc1cccc(-n2cnnn2)c1)[C@H]1CCS(=O)(=O)C1. The second kappa shape index (κ2) is 7.18. The molecule has 2 heterocycles. The lowest BCUT2D eigenvalue weighted by atomic mass is 10.2. The molecule has 9 nitrogen and oxygen atoms in total. The largest absolute Gasteiger partial charge is 0.484 e. The van der Waals surface area contributed by atoms with Crippen LogP contribution in [0.4, 0.5) is 0 Å². The number of amides is 1. The standard InChI is InChI=1S/C15H19N5O4S/c1-2-19(13-6-7-25(22,23)10-13)15(21)9-24-14-5-3-4-12(8-14)20-11-16-17-18-20/h3-5,8,11,13H,2,6-7,9-10H2,1H3/t13-/m0/s1. The summed E-state index contributed by atoms with van der Waals surface area (Å²) in [6.07, 6.45) is 1.94. The Morgan fingerprint density at radius 1 is 1.44 bits per heavy atom. The highest BCUT2D eigenvalue weighted by atomic mass is 32.2. The summed E-state index contributed by atoms with van der Waals surface area (Å²) in [5.74, 6) is 0.450. The Balaban J connectivity index is 1.63. The van der Waals surface area contributed by atoms with Crippen LogP contribution in [0.1, 0.15) is 13.3 Å². The summed E-state index contributed by atoms with van der Waals surface area (Å²) < 4.78 is 30.3. The van der Waals surface area contributed by atoms with Gasteiger partial charge in [-0.2, -0.15) is 0 Å². The third-order valence-corrected chi connectivity index (χ3v) is 5.85. The van der Waals surface area contributed by atoms with Gasteiger partial charge in [-0.3, -0.25) is 4.79 Å². The van der Waals surface area contributed by atoms with Crippen molar-refractivity contribution in [3.05, 3.63) is 30.6 Å². The molecule has 0 N–H and O–H groups in total. The van der Waals surface area contributed by atoms with Gasteiger partial charge < -0.3 is 9.64 Å². The second-order valence-corrected chi connectivity index (χ2v) is 8.01. The molecule has 0 radical (unpaired) electrons. The van der Waals surface area contributed by atoms with Gasteiger partial charge in [0, 0.05) is 18.7 Å². The third kappa shape index (κ3) is 4.13. The van der Waals surface area contributed by atoms with Gasteiger partial charge in [-0.1, -0.05) is 6.07 Å². The molecule has 1 saturated heterocycles. The van der Waals surface area contributed by atoms with E-state index < -0.39 is 9.84 Å². The van der Waals surface area contributed by atoms with E-state index in [0.29, 0.717) is 24.4 Å². The van der Waals surface area contributed by atoms with Crippen LogP contribution in [0.2, 0.25) is 0 Å². The second-order valence-electron chi connectivity index (χ2n) is 5.78. The normalized spacial score (nSPS) is 18.8. The van der Waals surface area contributed by atoms with Crippen molar-refractivity contribution in [2.24, 2.45) is 0 Å². The molecule has 1 amide bonds. The molecule has 1 aromatic carbocycles. The molecular formula is C15H19N5O4S. The zero-order valence-electron chi connectivity index (χ0n) is 13.8. The number of nitrogens with zero attached hydrogens (tertiary/aromatic N) is 5. The highest BCUT2D eigenvalue weighted by Gasteiger charge is 2.33. The van der Waals surface area contributed by atoms with Crippen LogP contribution in [-0.4, -0.2) is 70.1 Å². The van der Waals surface area contributed by atoms with E-state index in [4.69, 9.17) is 4.74 Å². The Kier molecular flexibility index (Phi) is 4.98. The molecule has 0 saturated carbocycles. The first-order valence-electron chi connectivity index (χ1n) is 7.94. The van der Waals surface area contributed by atoms with Crippen LogP contribution in [0.5, 0.6) is 5.75 Å². The van der Waals surface area contributed by atoms with Gasteiger partial charge >= 0.3 is 0 Å². The van der Waals surface area contributed by atoms with Gasteiger partial charge in [-0.15, -0.1) is 5.10 Å². The first kappa shape index (κ1) is 17.3. The number of hydrogen-bond acceptors (Lipinski definition) is 7. The average Bonchev–Trinajstić information content (AvgIpc) is 3.24. The van der Waals surface area contributed by atoms with Crippen molar-refractivity contribution in [2.45, 2.75) is 19.4 Å². The zero-order chi connectivity index (χ0) is 17.9. The molecule has 0 unspecified atom stereocenters. The van der Waals surface area contributed by atoms with E-state index in [1.807, 2.05) is 13.0 Å². The molecule has 3 rings (SSSR count). The average molecular weight is 365 g/mol. The Labute approximate surface area is 145 Å². The smallest absolute Gasteiger partial charge is 0.260 e. The van der Waals surface area contributed by atoms with Crippen LogP contribution in [0.3, 0.4) is 0 Å². The van der Waals surface area contributed by atoms with E-state index in [0.717, 1.165) is 0 Å². The highest BCUT2D eigenvalue weighted by molar-refractivity contribution is 7.91. The fourth-order valence-electron chi connectivity index (χ4n) is 2.88. The number of tetrazole rings is 1. The van der Waals surface area contributed by atoms with Crippen molar-refractivity contribution in [3.63, 3.8) is 0 Å². The summed E-state index contributed by atoms with van der Waals surface area (Å²) >= 11 is 0. The van der Waals surface area contributed by atoms with E-state index in [-0.39, 0.29) is 30.1 Å². The van der Waals surface area contributed by atoms with Crippen molar-refractivity contribution in [3.8, 4) is 11.4 Å². The lowest BCUT2D eigenvalue weighted by Crippen LogP contribution is -2.43. The molecular weight excluding hydrogens is 346 g/mol.